The molecule has 32 heavy (non-hydrogen) atoms. The van der Waals surface area contributed by atoms with E-state index in [9.17, 15) is 8.42 Å². The normalized spacial score (nSPS) is 14.8. The van der Waals surface area contributed by atoms with Crippen molar-refractivity contribution in [2.24, 2.45) is 0 Å². The minimum Gasteiger partial charge on any atom is -0.415 e. The number of hydrogen-bond acceptors (Lipinski definition) is 8. The fourth-order valence-electron chi connectivity index (χ4n) is 3.40. The van der Waals surface area contributed by atoms with Gasteiger partial charge in [-0.2, -0.15) is 4.31 Å². The number of hydrogen-bond donors (Lipinski definition) is 0. The zero-order valence-electron chi connectivity index (χ0n) is 16.9. The molecule has 5 rings (SSSR count). The second-order valence-corrected chi connectivity index (χ2v) is 9.04. The van der Waals surface area contributed by atoms with Gasteiger partial charge < -0.3 is 4.42 Å². The highest BCUT2D eigenvalue weighted by Crippen LogP contribution is 2.27. The third-order valence-electron chi connectivity index (χ3n) is 5.07. The van der Waals surface area contributed by atoms with Gasteiger partial charge in [0.1, 0.15) is 10.6 Å². The highest BCUT2D eigenvalue weighted by atomic mass is 32.2. The maximum absolute atomic E-state index is 12.8. The van der Waals surface area contributed by atoms with Gasteiger partial charge in [0.15, 0.2) is 0 Å². The standard InChI is InChI=1S/C22H18N6O3S/c29-32(30,18-7-4-10-23-13-18)28-11-8-16(9-12-28)19-14-24-15-20(25-19)22-27-26-21(31-22)17-5-2-1-3-6-17/h1-8,10,13-15H,9,11-12H2. The lowest BCUT2D eigenvalue weighted by molar-refractivity contribution is 0.440. The minimum atomic E-state index is -3.59. The van der Waals surface area contributed by atoms with Crippen molar-refractivity contribution in [2.75, 3.05) is 13.1 Å². The smallest absolute Gasteiger partial charge is 0.268 e. The highest BCUT2D eigenvalue weighted by molar-refractivity contribution is 7.89. The van der Waals surface area contributed by atoms with Gasteiger partial charge in [-0.15, -0.1) is 10.2 Å². The molecule has 1 aromatic carbocycles. The van der Waals surface area contributed by atoms with Crippen molar-refractivity contribution in [1.82, 2.24) is 29.5 Å². The number of aromatic nitrogens is 5. The predicted molar refractivity (Wildman–Crippen MR) is 116 cm³/mol. The molecule has 1 aliphatic heterocycles. The summed E-state index contributed by atoms with van der Waals surface area (Å²) in [6.45, 7) is 0.588. The number of sulfonamides is 1. The van der Waals surface area contributed by atoms with Crippen molar-refractivity contribution in [1.29, 1.82) is 0 Å². The molecule has 4 aromatic rings. The molecule has 0 saturated heterocycles. The lowest BCUT2D eigenvalue weighted by Crippen LogP contribution is -2.34. The highest BCUT2D eigenvalue weighted by Gasteiger charge is 2.27. The van der Waals surface area contributed by atoms with Crippen LogP contribution in [0.1, 0.15) is 12.1 Å². The molecule has 0 atom stereocenters. The number of pyridine rings is 1. The zero-order chi connectivity index (χ0) is 22.0. The predicted octanol–water partition coefficient (Wildman–Crippen LogP) is 3.07. The van der Waals surface area contributed by atoms with Crippen LogP contribution in [0.15, 0.2) is 82.6 Å². The second-order valence-electron chi connectivity index (χ2n) is 7.10. The van der Waals surface area contributed by atoms with Gasteiger partial charge in [0.25, 0.3) is 5.89 Å². The van der Waals surface area contributed by atoms with E-state index in [-0.39, 0.29) is 17.3 Å². The molecule has 3 aromatic heterocycles. The zero-order valence-corrected chi connectivity index (χ0v) is 17.7. The first-order chi connectivity index (χ1) is 15.6. The lowest BCUT2D eigenvalue weighted by atomic mass is 10.1. The fraction of sp³-hybridized carbons (Fsp3) is 0.136. The first-order valence-corrected chi connectivity index (χ1v) is 11.4. The van der Waals surface area contributed by atoms with Crippen LogP contribution in [0.5, 0.6) is 0 Å². The Hall–Kier alpha value is -3.76. The van der Waals surface area contributed by atoms with Crippen LogP contribution in [-0.4, -0.2) is 51.0 Å². The van der Waals surface area contributed by atoms with Crippen LogP contribution in [0.25, 0.3) is 28.6 Å². The van der Waals surface area contributed by atoms with E-state index < -0.39 is 10.0 Å². The summed E-state index contributed by atoms with van der Waals surface area (Å²) in [4.78, 5) is 13.0. The van der Waals surface area contributed by atoms with Crippen molar-refractivity contribution in [3.05, 3.63) is 79.0 Å². The quantitative estimate of drug-likeness (QED) is 0.459. The molecule has 0 radical (unpaired) electrons. The Morgan fingerprint density at radius 1 is 0.875 bits per heavy atom. The average molecular weight is 446 g/mol. The van der Waals surface area contributed by atoms with Gasteiger partial charge in [-0.1, -0.05) is 24.3 Å². The molecule has 0 spiro atoms. The molecule has 9 nitrogen and oxygen atoms in total. The van der Waals surface area contributed by atoms with E-state index in [4.69, 9.17) is 4.42 Å². The van der Waals surface area contributed by atoms with Crippen molar-refractivity contribution < 1.29 is 12.8 Å². The number of nitrogens with zero attached hydrogens (tertiary/aromatic N) is 6. The summed E-state index contributed by atoms with van der Waals surface area (Å²) >= 11 is 0. The van der Waals surface area contributed by atoms with Gasteiger partial charge in [-0.05, 0) is 36.3 Å². The average Bonchev–Trinajstić information content (AvgIpc) is 3.36. The Balaban J connectivity index is 1.36. The summed E-state index contributed by atoms with van der Waals surface area (Å²) in [5, 5.41) is 8.19. The Morgan fingerprint density at radius 2 is 1.69 bits per heavy atom. The van der Waals surface area contributed by atoms with Crippen LogP contribution in [-0.2, 0) is 10.0 Å². The molecule has 160 valence electrons. The van der Waals surface area contributed by atoms with Crippen LogP contribution in [0.2, 0.25) is 0 Å². The molecule has 0 amide bonds. The second kappa shape index (κ2) is 8.40. The van der Waals surface area contributed by atoms with Crippen molar-refractivity contribution in [2.45, 2.75) is 11.3 Å². The largest absolute Gasteiger partial charge is 0.415 e. The summed E-state index contributed by atoms with van der Waals surface area (Å²) in [5.41, 5.74) is 2.85. The van der Waals surface area contributed by atoms with Crippen LogP contribution in [0.4, 0.5) is 0 Å². The van der Waals surface area contributed by atoms with E-state index in [1.54, 1.807) is 30.7 Å². The third kappa shape index (κ3) is 3.93. The number of rotatable bonds is 5. The van der Waals surface area contributed by atoms with E-state index in [0.717, 1.165) is 11.1 Å². The molecule has 1 aliphatic rings. The Labute approximate surface area is 184 Å². The van der Waals surface area contributed by atoms with E-state index in [2.05, 4.69) is 25.1 Å². The molecule has 0 fully saturated rings. The van der Waals surface area contributed by atoms with Gasteiger partial charge >= 0.3 is 0 Å². The van der Waals surface area contributed by atoms with Crippen LogP contribution < -0.4 is 0 Å². The first kappa shape index (κ1) is 20.2. The number of benzene rings is 1. The SMILES string of the molecule is O=S(=O)(c1cccnc1)N1CC=C(c2cncc(-c3nnc(-c4ccccc4)o3)n2)CC1. The molecule has 0 bridgehead atoms. The maximum atomic E-state index is 12.8. The van der Waals surface area contributed by atoms with Gasteiger partial charge in [0.2, 0.25) is 15.9 Å². The molecular weight excluding hydrogens is 428 g/mol. The van der Waals surface area contributed by atoms with Crippen LogP contribution in [0, 0.1) is 0 Å². The van der Waals surface area contributed by atoms with E-state index in [0.29, 0.717) is 30.2 Å². The Morgan fingerprint density at radius 3 is 2.44 bits per heavy atom. The third-order valence-corrected chi connectivity index (χ3v) is 6.92. The summed E-state index contributed by atoms with van der Waals surface area (Å²) in [7, 11) is -3.59. The van der Waals surface area contributed by atoms with E-state index in [1.807, 2.05) is 36.4 Å². The van der Waals surface area contributed by atoms with Crippen LogP contribution >= 0.6 is 0 Å². The van der Waals surface area contributed by atoms with Crippen molar-refractivity contribution in [3.63, 3.8) is 0 Å². The monoisotopic (exact) mass is 446 g/mol. The Bertz CT molecular complexity index is 1370. The molecular formula is C22H18N6O3S. The molecule has 0 saturated carbocycles. The summed E-state index contributed by atoms with van der Waals surface area (Å²) in [5.74, 6) is 0.677. The molecule has 0 N–H and O–H groups in total. The maximum Gasteiger partial charge on any atom is 0.268 e. The fourth-order valence-corrected chi connectivity index (χ4v) is 4.74. The van der Waals surface area contributed by atoms with E-state index in [1.165, 1.54) is 10.5 Å². The topological polar surface area (TPSA) is 115 Å². The van der Waals surface area contributed by atoms with Crippen molar-refractivity contribution >= 4 is 15.6 Å². The summed E-state index contributed by atoms with van der Waals surface area (Å²) < 4.78 is 32.8. The van der Waals surface area contributed by atoms with E-state index >= 15 is 0 Å². The minimum absolute atomic E-state index is 0.184. The van der Waals surface area contributed by atoms with Crippen LogP contribution in [0.3, 0.4) is 0 Å². The molecule has 0 unspecified atom stereocenters. The molecule has 10 heteroatoms. The van der Waals surface area contributed by atoms with Crippen molar-refractivity contribution in [3.8, 4) is 23.0 Å². The van der Waals surface area contributed by atoms with Gasteiger partial charge in [-0.25, -0.2) is 13.4 Å². The van der Waals surface area contributed by atoms with Gasteiger partial charge in [-0.3, -0.25) is 9.97 Å². The summed E-state index contributed by atoms with van der Waals surface area (Å²) in [6, 6.07) is 12.6. The van der Waals surface area contributed by atoms with Gasteiger partial charge in [0, 0.05) is 31.0 Å². The Kier molecular flexibility index (Phi) is 5.29. The summed E-state index contributed by atoms with van der Waals surface area (Å²) in [6.07, 6.45) is 8.48. The lowest BCUT2D eigenvalue weighted by Gasteiger charge is -2.25. The first-order valence-electron chi connectivity index (χ1n) is 9.92. The van der Waals surface area contributed by atoms with Gasteiger partial charge in [0.05, 0.1) is 18.1 Å². The molecule has 0 aliphatic carbocycles. The molecule has 4 heterocycles.